The van der Waals surface area contributed by atoms with E-state index in [2.05, 4.69) is 20.5 Å². The van der Waals surface area contributed by atoms with Crippen LogP contribution in [0, 0.1) is 18.6 Å². The van der Waals surface area contributed by atoms with Gasteiger partial charge in [0.1, 0.15) is 11.6 Å². The normalized spacial score (nSPS) is 11.0. The maximum atomic E-state index is 13.1. The van der Waals surface area contributed by atoms with Crippen LogP contribution >= 0.6 is 0 Å². The topological polar surface area (TPSA) is 75.1 Å². The maximum absolute atomic E-state index is 13.1. The fourth-order valence-corrected chi connectivity index (χ4v) is 2.03. The molecule has 0 saturated heterocycles. The van der Waals surface area contributed by atoms with Crippen LogP contribution in [0.25, 0.3) is 5.65 Å². The molecule has 0 saturated carbocycles. The number of anilines is 1. The van der Waals surface area contributed by atoms with E-state index < -0.39 is 11.6 Å². The Kier molecular flexibility index (Phi) is 3.13. The summed E-state index contributed by atoms with van der Waals surface area (Å²) in [6.45, 7) is 1.95. The zero-order chi connectivity index (χ0) is 15.0. The summed E-state index contributed by atoms with van der Waals surface area (Å²) in [5.41, 5.74) is 0.648. The van der Waals surface area contributed by atoms with Gasteiger partial charge in [-0.1, -0.05) is 6.07 Å². The van der Waals surface area contributed by atoms with Crippen molar-refractivity contribution < 1.29 is 8.78 Å². The SMILES string of the molecule is Cc1nc(NCc2ccc(F)c(F)c2)cc2n[nH]c(=O)n12. The molecule has 21 heavy (non-hydrogen) atoms. The Balaban J connectivity index is 1.85. The first-order chi connectivity index (χ1) is 10.0. The lowest BCUT2D eigenvalue weighted by Crippen LogP contribution is -2.14. The average Bonchev–Trinajstić information content (AvgIpc) is 2.82. The van der Waals surface area contributed by atoms with E-state index in [4.69, 9.17) is 0 Å². The summed E-state index contributed by atoms with van der Waals surface area (Å²) in [6, 6.07) is 5.26. The Hall–Kier alpha value is -2.77. The quantitative estimate of drug-likeness (QED) is 0.769. The van der Waals surface area contributed by atoms with E-state index in [0.29, 0.717) is 22.9 Å². The largest absolute Gasteiger partial charge is 0.366 e. The Morgan fingerprint density at radius 3 is 2.86 bits per heavy atom. The Bertz CT molecular complexity index is 871. The van der Waals surface area contributed by atoms with Gasteiger partial charge >= 0.3 is 5.69 Å². The Labute approximate surface area is 117 Å². The van der Waals surface area contributed by atoms with Gasteiger partial charge in [0.05, 0.1) is 0 Å². The van der Waals surface area contributed by atoms with Crippen LogP contribution < -0.4 is 11.0 Å². The molecule has 3 aromatic rings. The minimum Gasteiger partial charge on any atom is -0.366 e. The lowest BCUT2D eigenvalue weighted by molar-refractivity contribution is 0.507. The van der Waals surface area contributed by atoms with Crippen LogP contribution in [-0.2, 0) is 6.54 Å². The van der Waals surface area contributed by atoms with Crippen LogP contribution in [0.15, 0.2) is 29.1 Å². The van der Waals surface area contributed by atoms with Gasteiger partial charge in [-0.25, -0.2) is 28.1 Å². The van der Waals surface area contributed by atoms with Crippen LogP contribution in [0.3, 0.4) is 0 Å². The molecule has 0 aliphatic heterocycles. The van der Waals surface area contributed by atoms with E-state index in [0.717, 1.165) is 12.1 Å². The van der Waals surface area contributed by atoms with Gasteiger partial charge in [-0.05, 0) is 24.6 Å². The second kappa shape index (κ2) is 4.97. The molecule has 2 N–H and O–H groups in total. The number of aromatic amines is 1. The molecule has 0 radical (unpaired) electrons. The molecule has 0 unspecified atom stereocenters. The highest BCUT2D eigenvalue weighted by atomic mass is 19.2. The molecule has 108 valence electrons. The van der Waals surface area contributed by atoms with E-state index in [1.54, 1.807) is 13.0 Å². The van der Waals surface area contributed by atoms with Crippen LogP contribution in [0.5, 0.6) is 0 Å². The van der Waals surface area contributed by atoms with Gasteiger partial charge < -0.3 is 5.32 Å². The lowest BCUT2D eigenvalue weighted by atomic mass is 10.2. The number of nitrogens with zero attached hydrogens (tertiary/aromatic N) is 3. The van der Waals surface area contributed by atoms with Gasteiger partial charge in [-0.2, -0.15) is 5.10 Å². The van der Waals surface area contributed by atoms with Gasteiger partial charge in [0.15, 0.2) is 17.3 Å². The number of nitrogens with one attached hydrogen (secondary N) is 2. The van der Waals surface area contributed by atoms with Crippen molar-refractivity contribution in [1.82, 2.24) is 19.6 Å². The highest BCUT2D eigenvalue weighted by molar-refractivity contribution is 5.49. The standard InChI is InChI=1S/C13H11F2N5O/c1-7-17-11(5-12-18-19-13(21)20(7)12)16-6-8-2-3-9(14)10(15)4-8/h2-5,16H,6H2,1H3,(H,19,21). The molecule has 0 amide bonds. The summed E-state index contributed by atoms with van der Waals surface area (Å²) >= 11 is 0. The number of benzene rings is 1. The number of rotatable bonds is 3. The predicted molar refractivity (Wildman–Crippen MR) is 72.0 cm³/mol. The molecule has 0 aliphatic carbocycles. The number of H-pyrrole nitrogens is 1. The number of aromatic nitrogens is 4. The zero-order valence-electron chi connectivity index (χ0n) is 11.0. The fraction of sp³-hybridized carbons (Fsp3) is 0.154. The van der Waals surface area contributed by atoms with E-state index >= 15 is 0 Å². The van der Waals surface area contributed by atoms with Gasteiger partial charge in [-0.15, -0.1) is 0 Å². The molecule has 0 spiro atoms. The van der Waals surface area contributed by atoms with Crippen LogP contribution in [-0.4, -0.2) is 19.6 Å². The summed E-state index contributed by atoms with van der Waals surface area (Å²) in [5, 5.41) is 9.17. The highest BCUT2D eigenvalue weighted by Gasteiger charge is 2.07. The molecule has 0 aliphatic rings. The van der Waals surface area contributed by atoms with Crippen molar-refractivity contribution in [1.29, 1.82) is 0 Å². The number of aryl methyl sites for hydroxylation is 1. The third-order valence-corrected chi connectivity index (χ3v) is 3.03. The average molecular weight is 291 g/mol. The maximum Gasteiger partial charge on any atom is 0.349 e. The van der Waals surface area contributed by atoms with E-state index in [9.17, 15) is 13.6 Å². The predicted octanol–water partition coefficient (Wildman–Crippen LogP) is 1.62. The number of hydrogen-bond acceptors (Lipinski definition) is 4. The van der Waals surface area contributed by atoms with Crippen LogP contribution in [0.1, 0.15) is 11.4 Å². The summed E-state index contributed by atoms with van der Waals surface area (Å²) in [7, 11) is 0. The third kappa shape index (κ3) is 2.47. The van der Waals surface area contributed by atoms with Gasteiger partial charge in [0.25, 0.3) is 0 Å². The lowest BCUT2D eigenvalue weighted by Gasteiger charge is -2.07. The minimum absolute atomic E-state index is 0.272. The second-order valence-electron chi connectivity index (χ2n) is 4.51. The molecule has 2 heterocycles. The molecular weight excluding hydrogens is 280 g/mol. The first-order valence-corrected chi connectivity index (χ1v) is 6.17. The molecule has 6 nitrogen and oxygen atoms in total. The fourth-order valence-electron chi connectivity index (χ4n) is 2.03. The monoisotopic (exact) mass is 291 g/mol. The molecule has 0 bridgehead atoms. The molecule has 8 heteroatoms. The van der Waals surface area contributed by atoms with Crippen LogP contribution in [0.2, 0.25) is 0 Å². The molecule has 1 aromatic carbocycles. The van der Waals surface area contributed by atoms with Crippen molar-refractivity contribution in [3.63, 3.8) is 0 Å². The van der Waals surface area contributed by atoms with Gasteiger partial charge in [-0.3, -0.25) is 0 Å². The summed E-state index contributed by atoms with van der Waals surface area (Å²) in [4.78, 5) is 15.7. The second-order valence-corrected chi connectivity index (χ2v) is 4.51. The van der Waals surface area contributed by atoms with Crippen molar-refractivity contribution >= 4 is 11.5 Å². The van der Waals surface area contributed by atoms with Crippen molar-refractivity contribution in [2.45, 2.75) is 13.5 Å². The Morgan fingerprint density at radius 1 is 1.29 bits per heavy atom. The first-order valence-electron chi connectivity index (χ1n) is 6.17. The molecule has 2 aromatic heterocycles. The molecule has 3 rings (SSSR count). The van der Waals surface area contributed by atoms with E-state index in [1.807, 2.05) is 0 Å². The highest BCUT2D eigenvalue weighted by Crippen LogP contribution is 2.12. The molecule has 0 atom stereocenters. The zero-order valence-corrected chi connectivity index (χ0v) is 11.0. The number of halogens is 2. The third-order valence-electron chi connectivity index (χ3n) is 3.03. The first kappa shape index (κ1) is 13.2. The van der Waals surface area contributed by atoms with E-state index in [1.165, 1.54) is 10.5 Å². The van der Waals surface area contributed by atoms with Gasteiger partial charge in [0, 0.05) is 12.6 Å². The minimum atomic E-state index is -0.896. The van der Waals surface area contributed by atoms with Gasteiger partial charge in [0.2, 0.25) is 0 Å². The van der Waals surface area contributed by atoms with Crippen molar-refractivity contribution in [2.75, 3.05) is 5.32 Å². The molecular formula is C13H11F2N5O. The van der Waals surface area contributed by atoms with Crippen LogP contribution in [0.4, 0.5) is 14.6 Å². The summed E-state index contributed by atoms with van der Waals surface area (Å²) in [6.07, 6.45) is 0. The smallest absolute Gasteiger partial charge is 0.349 e. The number of fused-ring (bicyclic) bond motifs is 1. The van der Waals surface area contributed by atoms with E-state index in [-0.39, 0.29) is 12.2 Å². The van der Waals surface area contributed by atoms with Crippen molar-refractivity contribution in [3.8, 4) is 0 Å². The number of hydrogen-bond donors (Lipinski definition) is 2. The van der Waals surface area contributed by atoms with Crippen molar-refractivity contribution in [2.24, 2.45) is 0 Å². The summed E-state index contributed by atoms with van der Waals surface area (Å²) in [5.74, 6) is -0.819. The van der Waals surface area contributed by atoms with Crippen molar-refractivity contribution in [3.05, 3.63) is 57.8 Å². The Morgan fingerprint density at radius 2 is 2.10 bits per heavy atom. The summed E-state index contributed by atoms with van der Waals surface area (Å²) < 4.78 is 27.3. The molecule has 0 fully saturated rings.